The quantitative estimate of drug-likeness (QED) is 0.373. The first-order chi connectivity index (χ1) is 13.2. The van der Waals surface area contributed by atoms with Crippen molar-refractivity contribution in [2.24, 2.45) is 10.9 Å². The Balaban J connectivity index is 0.00000280. The molecule has 1 fully saturated rings. The standard InChI is InChI=1S/C20H25FN4O2.HI/c1-22-20(25-10-8-16(13-25)14-26-2)24-12-15-7-9-23-19(11-15)27-18-5-3-17(21)4-6-18;/h3-7,9,11,16H,8,10,12-14H2,1-2H3,(H,22,24);1H. The second-order valence-electron chi connectivity index (χ2n) is 6.52. The van der Waals surface area contributed by atoms with Crippen LogP contribution in [0, 0.1) is 11.7 Å². The average molecular weight is 500 g/mol. The van der Waals surface area contributed by atoms with Gasteiger partial charge in [0.1, 0.15) is 11.6 Å². The summed E-state index contributed by atoms with van der Waals surface area (Å²) in [7, 11) is 3.53. The molecule has 2 aromatic rings. The Labute approximate surface area is 182 Å². The summed E-state index contributed by atoms with van der Waals surface area (Å²) in [5.74, 6) is 2.15. The molecule has 1 N–H and O–H groups in total. The van der Waals surface area contributed by atoms with E-state index in [-0.39, 0.29) is 29.8 Å². The molecule has 0 spiro atoms. The predicted octanol–water partition coefficient (Wildman–Crippen LogP) is 3.67. The molecular weight excluding hydrogens is 474 g/mol. The Bertz CT molecular complexity index is 773. The lowest BCUT2D eigenvalue weighted by atomic mass is 10.1. The van der Waals surface area contributed by atoms with Gasteiger partial charge in [0.05, 0.1) is 6.61 Å². The molecular formula is C20H26FIN4O2. The largest absolute Gasteiger partial charge is 0.439 e. The van der Waals surface area contributed by atoms with E-state index in [4.69, 9.17) is 9.47 Å². The van der Waals surface area contributed by atoms with Gasteiger partial charge in [-0.1, -0.05) is 0 Å². The highest BCUT2D eigenvalue weighted by atomic mass is 127. The molecule has 1 atom stereocenters. The number of hydrogen-bond acceptors (Lipinski definition) is 4. The summed E-state index contributed by atoms with van der Waals surface area (Å²) < 4.78 is 23.9. The van der Waals surface area contributed by atoms with Crippen molar-refractivity contribution in [3.8, 4) is 11.6 Å². The Morgan fingerprint density at radius 1 is 1.32 bits per heavy atom. The zero-order chi connectivity index (χ0) is 19.1. The average Bonchev–Trinajstić information content (AvgIpc) is 3.13. The minimum Gasteiger partial charge on any atom is -0.439 e. The van der Waals surface area contributed by atoms with Crippen LogP contribution in [0.1, 0.15) is 12.0 Å². The van der Waals surface area contributed by atoms with Gasteiger partial charge in [0.2, 0.25) is 5.88 Å². The zero-order valence-electron chi connectivity index (χ0n) is 16.1. The molecule has 6 nitrogen and oxygen atoms in total. The van der Waals surface area contributed by atoms with Crippen molar-refractivity contribution < 1.29 is 13.9 Å². The van der Waals surface area contributed by atoms with Crippen LogP contribution < -0.4 is 10.1 Å². The topological polar surface area (TPSA) is 59.0 Å². The number of rotatable bonds is 6. The molecule has 0 aliphatic carbocycles. The third-order valence-corrected chi connectivity index (χ3v) is 4.49. The summed E-state index contributed by atoms with van der Waals surface area (Å²) in [6.45, 7) is 3.31. The van der Waals surface area contributed by atoms with Gasteiger partial charge in [0, 0.05) is 52.0 Å². The number of aliphatic imine (C=N–C) groups is 1. The van der Waals surface area contributed by atoms with Crippen molar-refractivity contribution in [2.75, 3.05) is 33.9 Å². The minimum absolute atomic E-state index is 0. The van der Waals surface area contributed by atoms with Gasteiger partial charge in [-0.25, -0.2) is 9.37 Å². The molecule has 152 valence electrons. The highest BCUT2D eigenvalue weighted by Crippen LogP contribution is 2.20. The van der Waals surface area contributed by atoms with E-state index in [0.717, 1.165) is 37.6 Å². The van der Waals surface area contributed by atoms with Crippen LogP contribution in [-0.2, 0) is 11.3 Å². The van der Waals surface area contributed by atoms with Crippen LogP contribution in [-0.4, -0.2) is 49.7 Å². The SMILES string of the molecule is CN=C(NCc1ccnc(Oc2ccc(F)cc2)c1)N1CCC(COC)C1.I. The third-order valence-electron chi connectivity index (χ3n) is 4.49. The van der Waals surface area contributed by atoms with Crippen molar-refractivity contribution in [1.82, 2.24) is 15.2 Å². The molecule has 0 saturated carbocycles. The second kappa shape index (κ2) is 11.2. The van der Waals surface area contributed by atoms with E-state index in [1.54, 1.807) is 32.5 Å². The predicted molar refractivity (Wildman–Crippen MR) is 118 cm³/mol. The van der Waals surface area contributed by atoms with Crippen LogP contribution in [0.3, 0.4) is 0 Å². The molecule has 0 radical (unpaired) electrons. The number of guanidine groups is 1. The van der Waals surface area contributed by atoms with E-state index in [1.807, 2.05) is 12.1 Å². The van der Waals surface area contributed by atoms with E-state index in [9.17, 15) is 4.39 Å². The van der Waals surface area contributed by atoms with Crippen LogP contribution in [0.5, 0.6) is 11.6 Å². The summed E-state index contributed by atoms with van der Waals surface area (Å²) >= 11 is 0. The molecule has 8 heteroatoms. The lowest BCUT2D eigenvalue weighted by Gasteiger charge is -2.21. The van der Waals surface area contributed by atoms with Crippen molar-refractivity contribution in [1.29, 1.82) is 0 Å². The van der Waals surface area contributed by atoms with Crippen LogP contribution in [0.2, 0.25) is 0 Å². The van der Waals surface area contributed by atoms with Gasteiger partial charge in [-0.3, -0.25) is 4.99 Å². The van der Waals surface area contributed by atoms with Crippen molar-refractivity contribution in [3.63, 3.8) is 0 Å². The molecule has 2 heterocycles. The Kier molecular flexibility index (Phi) is 8.91. The summed E-state index contributed by atoms with van der Waals surface area (Å²) in [6, 6.07) is 9.66. The van der Waals surface area contributed by atoms with Crippen molar-refractivity contribution >= 4 is 29.9 Å². The van der Waals surface area contributed by atoms with E-state index in [0.29, 0.717) is 24.1 Å². The summed E-state index contributed by atoms with van der Waals surface area (Å²) in [6.07, 6.45) is 2.81. The number of nitrogens with zero attached hydrogens (tertiary/aromatic N) is 3. The molecule has 1 saturated heterocycles. The molecule has 1 unspecified atom stereocenters. The molecule has 1 aliphatic rings. The maximum Gasteiger partial charge on any atom is 0.219 e. The highest BCUT2D eigenvalue weighted by Gasteiger charge is 2.24. The second-order valence-corrected chi connectivity index (χ2v) is 6.52. The first kappa shape index (κ1) is 22.4. The number of ether oxygens (including phenoxy) is 2. The monoisotopic (exact) mass is 500 g/mol. The lowest BCUT2D eigenvalue weighted by molar-refractivity contribution is 0.157. The summed E-state index contributed by atoms with van der Waals surface area (Å²) in [5.41, 5.74) is 1.02. The van der Waals surface area contributed by atoms with Gasteiger partial charge in [-0.2, -0.15) is 0 Å². The van der Waals surface area contributed by atoms with Crippen LogP contribution >= 0.6 is 24.0 Å². The molecule has 1 aromatic heterocycles. The van der Waals surface area contributed by atoms with Gasteiger partial charge in [-0.05, 0) is 42.3 Å². The normalized spacial score (nSPS) is 16.6. The molecule has 1 aliphatic heterocycles. The number of aromatic nitrogens is 1. The number of nitrogens with one attached hydrogen (secondary N) is 1. The smallest absolute Gasteiger partial charge is 0.219 e. The number of methoxy groups -OCH3 is 1. The van der Waals surface area contributed by atoms with E-state index < -0.39 is 0 Å². The Morgan fingerprint density at radius 2 is 2.11 bits per heavy atom. The zero-order valence-corrected chi connectivity index (χ0v) is 18.4. The Hall–Kier alpha value is -1.94. The van der Waals surface area contributed by atoms with Crippen molar-refractivity contribution in [2.45, 2.75) is 13.0 Å². The number of likely N-dealkylation sites (tertiary alicyclic amines) is 1. The third kappa shape index (κ3) is 6.30. The number of hydrogen-bond donors (Lipinski definition) is 1. The lowest BCUT2D eigenvalue weighted by Crippen LogP contribution is -2.39. The Morgan fingerprint density at radius 3 is 2.82 bits per heavy atom. The first-order valence-electron chi connectivity index (χ1n) is 9.01. The molecule has 0 bridgehead atoms. The summed E-state index contributed by atoms with van der Waals surface area (Å²) in [4.78, 5) is 10.9. The maximum atomic E-state index is 13.0. The minimum atomic E-state index is -0.297. The van der Waals surface area contributed by atoms with Gasteiger partial charge in [0.25, 0.3) is 0 Å². The number of pyridine rings is 1. The van der Waals surface area contributed by atoms with E-state index in [2.05, 4.69) is 20.2 Å². The number of benzene rings is 1. The molecule has 0 amide bonds. The van der Waals surface area contributed by atoms with E-state index in [1.165, 1.54) is 12.1 Å². The fourth-order valence-corrected chi connectivity index (χ4v) is 3.15. The van der Waals surface area contributed by atoms with Crippen LogP contribution in [0.4, 0.5) is 4.39 Å². The molecule has 1 aromatic carbocycles. The highest BCUT2D eigenvalue weighted by molar-refractivity contribution is 14.0. The van der Waals surface area contributed by atoms with Gasteiger partial charge in [-0.15, -0.1) is 24.0 Å². The number of halogens is 2. The van der Waals surface area contributed by atoms with E-state index >= 15 is 0 Å². The summed E-state index contributed by atoms with van der Waals surface area (Å²) in [5, 5.41) is 3.39. The van der Waals surface area contributed by atoms with Gasteiger partial charge in [0.15, 0.2) is 5.96 Å². The van der Waals surface area contributed by atoms with Crippen LogP contribution in [0.25, 0.3) is 0 Å². The van der Waals surface area contributed by atoms with Gasteiger partial charge < -0.3 is 19.7 Å². The van der Waals surface area contributed by atoms with Crippen LogP contribution in [0.15, 0.2) is 47.6 Å². The fourth-order valence-electron chi connectivity index (χ4n) is 3.15. The van der Waals surface area contributed by atoms with Crippen molar-refractivity contribution in [3.05, 3.63) is 54.0 Å². The maximum absolute atomic E-state index is 13.0. The van der Waals surface area contributed by atoms with Gasteiger partial charge >= 0.3 is 0 Å². The first-order valence-corrected chi connectivity index (χ1v) is 9.01. The molecule has 3 rings (SSSR count). The fraction of sp³-hybridized carbons (Fsp3) is 0.400. The molecule has 28 heavy (non-hydrogen) atoms.